The van der Waals surface area contributed by atoms with Gasteiger partial charge in [0.1, 0.15) is 5.82 Å². The Morgan fingerprint density at radius 2 is 1.60 bits per heavy atom. The highest BCUT2D eigenvalue weighted by atomic mass is 35.5. The van der Waals surface area contributed by atoms with Gasteiger partial charge in [0.05, 0.1) is 0 Å². The Balaban J connectivity index is 0.000000387. The van der Waals surface area contributed by atoms with Gasteiger partial charge >= 0.3 is 0 Å². The molecule has 0 spiro atoms. The molecule has 0 amide bonds. The predicted molar refractivity (Wildman–Crippen MR) is 177 cm³/mol. The third-order valence-corrected chi connectivity index (χ3v) is 7.53. The van der Waals surface area contributed by atoms with Crippen molar-refractivity contribution in [1.82, 2.24) is 20.1 Å². The minimum absolute atomic E-state index is 0.0820. The van der Waals surface area contributed by atoms with Crippen molar-refractivity contribution in [3.8, 4) is 5.75 Å². The number of piperidine rings is 1. The van der Waals surface area contributed by atoms with Gasteiger partial charge in [0.2, 0.25) is 0 Å². The number of nitrogens with one attached hydrogen (secondary N) is 1. The number of pyridine rings is 1. The van der Waals surface area contributed by atoms with Crippen LogP contribution in [0.2, 0.25) is 5.02 Å². The van der Waals surface area contributed by atoms with E-state index in [1.807, 2.05) is 52.9 Å². The highest BCUT2D eigenvalue weighted by molar-refractivity contribution is 6.30. The zero-order chi connectivity index (χ0) is 31.6. The molecule has 9 heteroatoms. The Morgan fingerprint density at radius 1 is 0.953 bits per heavy atom. The van der Waals surface area contributed by atoms with E-state index < -0.39 is 0 Å². The first-order valence-electron chi connectivity index (χ1n) is 15.4. The Kier molecular flexibility index (Phi) is 16.8. The molecule has 2 N–H and O–H groups in total. The summed E-state index contributed by atoms with van der Waals surface area (Å²) in [5.41, 5.74) is 2.69. The minimum Gasteiger partial charge on any atom is -0.504 e. The van der Waals surface area contributed by atoms with E-state index in [1.54, 1.807) is 6.07 Å². The van der Waals surface area contributed by atoms with Crippen molar-refractivity contribution in [2.24, 2.45) is 0 Å². The second-order valence-electron chi connectivity index (χ2n) is 10.0. The van der Waals surface area contributed by atoms with Gasteiger partial charge in [0.15, 0.2) is 17.9 Å². The average molecular weight is 614 g/mol. The molecule has 1 aromatic heterocycles. The van der Waals surface area contributed by atoms with Crippen molar-refractivity contribution < 1.29 is 14.3 Å². The fourth-order valence-electron chi connectivity index (χ4n) is 5.21. The fraction of sp³-hybridized carbons (Fsp3) is 0.471. The SMILES string of the molecule is CC.CC.CNCc1cccc(F)c1.O=Cc1cnc(N2CCN(C3CCN(Cc4ccc(Cl)cc4)CC3)CC2)c(O)c1. The number of hydrogen-bond donors (Lipinski definition) is 2. The highest BCUT2D eigenvalue weighted by Gasteiger charge is 2.28. The lowest BCUT2D eigenvalue weighted by atomic mass is 10.0. The van der Waals surface area contributed by atoms with E-state index in [0.29, 0.717) is 23.7 Å². The molecule has 7 nitrogen and oxygen atoms in total. The van der Waals surface area contributed by atoms with Crippen LogP contribution in [-0.2, 0) is 13.1 Å². The van der Waals surface area contributed by atoms with Crippen LogP contribution >= 0.6 is 11.6 Å². The summed E-state index contributed by atoms with van der Waals surface area (Å²) < 4.78 is 12.5. The molecule has 2 fully saturated rings. The van der Waals surface area contributed by atoms with E-state index in [2.05, 4.69) is 37.1 Å². The Bertz CT molecular complexity index is 1200. The lowest BCUT2D eigenvalue weighted by molar-refractivity contribution is 0.0996. The van der Waals surface area contributed by atoms with Gasteiger partial charge < -0.3 is 15.3 Å². The fourth-order valence-corrected chi connectivity index (χ4v) is 5.34. The first-order valence-corrected chi connectivity index (χ1v) is 15.8. The highest BCUT2D eigenvalue weighted by Crippen LogP contribution is 2.27. The number of aldehydes is 1. The second kappa shape index (κ2) is 20.0. The lowest BCUT2D eigenvalue weighted by Crippen LogP contribution is -2.53. The number of aromatic nitrogens is 1. The summed E-state index contributed by atoms with van der Waals surface area (Å²) in [6.07, 6.45) is 4.59. The summed E-state index contributed by atoms with van der Waals surface area (Å²) in [7, 11) is 1.84. The summed E-state index contributed by atoms with van der Waals surface area (Å²) in [6, 6.07) is 16.8. The molecule has 0 atom stereocenters. The Morgan fingerprint density at radius 3 is 2.16 bits per heavy atom. The number of anilines is 1. The molecule has 236 valence electrons. The number of aromatic hydroxyl groups is 1. The van der Waals surface area contributed by atoms with Crippen molar-refractivity contribution in [3.63, 3.8) is 0 Å². The molecular formula is C34H49ClFN5O2. The van der Waals surface area contributed by atoms with Gasteiger partial charge in [-0.25, -0.2) is 9.37 Å². The summed E-state index contributed by atoms with van der Waals surface area (Å²) in [6.45, 7) is 15.6. The van der Waals surface area contributed by atoms with Gasteiger partial charge in [-0.2, -0.15) is 0 Å². The second-order valence-corrected chi connectivity index (χ2v) is 10.5. The molecule has 2 saturated heterocycles. The zero-order valence-corrected chi connectivity index (χ0v) is 27.2. The van der Waals surface area contributed by atoms with E-state index in [9.17, 15) is 14.3 Å². The van der Waals surface area contributed by atoms with E-state index in [4.69, 9.17) is 11.6 Å². The quantitative estimate of drug-likeness (QED) is 0.290. The van der Waals surface area contributed by atoms with E-state index in [0.717, 1.165) is 62.9 Å². The molecule has 2 aromatic carbocycles. The van der Waals surface area contributed by atoms with Crippen LogP contribution < -0.4 is 10.2 Å². The summed E-state index contributed by atoms with van der Waals surface area (Å²) in [4.78, 5) is 22.3. The molecule has 3 heterocycles. The number of rotatable bonds is 7. The van der Waals surface area contributed by atoms with Crippen LogP contribution in [0, 0.1) is 5.82 Å². The number of hydrogen-bond acceptors (Lipinski definition) is 7. The molecule has 3 aromatic rings. The van der Waals surface area contributed by atoms with Gasteiger partial charge in [-0.1, -0.05) is 63.6 Å². The van der Waals surface area contributed by atoms with Crippen molar-refractivity contribution >= 4 is 23.7 Å². The van der Waals surface area contributed by atoms with Crippen LogP contribution in [0.5, 0.6) is 5.75 Å². The smallest absolute Gasteiger partial charge is 0.171 e. The Hall–Kier alpha value is -3.04. The summed E-state index contributed by atoms with van der Waals surface area (Å²) in [5, 5.41) is 13.9. The molecule has 0 radical (unpaired) electrons. The minimum atomic E-state index is -0.173. The van der Waals surface area contributed by atoms with E-state index >= 15 is 0 Å². The van der Waals surface area contributed by atoms with Crippen molar-refractivity contribution in [1.29, 1.82) is 0 Å². The van der Waals surface area contributed by atoms with Crippen LogP contribution in [0.25, 0.3) is 0 Å². The third kappa shape index (κ3) is 11.9. The lowest BCUT2D eigenvalue weighted by Gasteiger charge is -2.43. The molecule has 2 aliphatic heterocycles. The van der Waals surface area contributed by atoms with Gasteiger partial charge in [0, 0.05) is 62.1 Å². The van der Waals surface area contributed by atoms with E-state index in [-0.39, 0.29) is 11.6 Å². The standard InChI is InChI=1S/C22H27ClN4O2.C8H10FN.2C2H6/c23-19-3-1-17(2-4-19)15-25-7-5-20(6-8-25)26-9-11-27(12-10-26)22-21(29)13-18(16-28)14-24-22;1-10-6-7-3-2-4-8(9)5-7;2*1-2/h1-4,13-14,16,20,29H,5-12,15H2;2-5,10H,6H2,1H3;2*1-2H3. The van der Waals surface area contributed by atoms with Crippen LogP contribution in [0.3, 0.4) is 0 Å². The molecule has 0 bridgehead atoms. The molecule has 2 aliphatic rings. The van der Waals surface area contributed by atoms with Crippen LogP contribution in [0.1, 0.15) is 62.0 Å². The third-order valence-electron chi connectivity index (χ3n) is 7.28. The van der Waals surface area contributed by atoms with Crippen molar-refractivity contribution in [2.45, 2.75) is 59.7 Å². The topological polar surface area (TPSA) is 71.9 Å². The molecule has 0 saturated carbocycles. The molecular weight excluding hydrogens is 565 g/mol. The van der Waals surface area contributed by atoms with Crippen LogP contribution in [0.4, 0.5) is 10.2 Å². The zero-order valence-electron chi connectivity index (χ0n) is 26.4. The predicted octanol–water partition coefficient (Wildman–Crippen LogP) is 6.64. The van der Waals surface area contributed by atoms with Crippen LogP contribution in [-0.4, -0.2) is 78.5 Å². The summed E-state index contributed by atoms with van der Waals surface area (Å²) >= 11 is 5.98. The number of nitrogens with zero attached hydrogens (tertiary/aromatic N) is 4. The van der Waals surface area contributed by atoms with Gasteiger partial charge in [-0.3, -0.25) is 14.6 Å². The maximum absolute atomic E-state index is 12.5. The normalized spacial score (nSPS) is 15.7. The molecule has 0 aliphatic carbocycles. The first kappa shape index (κ1) is 36.2. The van der Waals surface area contributed by atoms with Gasteiger partial charge in [-0.15, -0.1) is 0 Å². The van der Waals surface area contributed by atoms with Crippen molar-refractivity contribution in [2.75, 3.05) is 51.2 Å². The number of benzene rings is 2. The van der Waals surface area contributed by atoms with Crippen LogP contribution in [0.15, 0.2) is 60.8 Å². The Labute approximate surface area is 262 Å². The number of carbonyl (C=O) groups excluding carboxylic acids is 1. The monoisotopic (exact) mass is 613 g/mol. The summed E-state index contributed by atoms with van der Waals surface area (Å²) in [5.74, 6) is 0.486. The number of carbonyl (C=O) groups is 1. The average Bonchev–Trinajstić information content (AvgIpc) is 3.05. The number of piperazine rings is 1. The number of halogens is 2. The molecule has 5 rings (SSSR count). The molecule has 0 unspecified atom stereocenters. The largest absolute Gasteiger partial charge is 0.504 e. The maximum Gasteiger partial charge on any atom is 0.171 e. The van der Waals surface area contributed by atoms with Crippen molar-refractivity contribution in [3.05, 3.63) is 88.3 Å². The number of likely N-dealkylation sites (tertiary alicyclic amines) is 1. The molecule has 43 heavy (non-hydrogen) atoms. The van der Waals surface area contributed by atoms with E-state index in [1.165, 1.54) is 42.8 Å². The van der Waals surface area contributed by atoms with Gasteiger partial charge in [-0.05, 0) is 74.4 Å². The first-order chi connectivity index (χ1) is 20.9. The maximum atomic E-state index is 12.5. The van der Waals surface area contributed by atoms with Gasteiger partial charge in [0.25, 0.3) is 0 Å².